The number of amides is 2. The largest absolute Gasteiger partial charge is 1.00 e. The van der Waals surface area contributed by atoms with Gasteiger partial charge in [0.1, 0.15) is 12.7 Å². The molecular formula is C51H43F6N6NaO7. The standard InChI is InChI=1S/C26H22F3N3O3.C25H20F3N3O3.Na.H2O/c1-16(18-7-9-19(10-8-18)25(34)35-2)31-24(33)22-23-20(4-3-13-32(23)15-30-22)14-17-5-11-21(12-6-17)26(27,28)29;1-15(17-6-8-18(9-7-17)24(33)34)30-23(32)21-22-19(3-2-12-31(22)14-29-21)13-16-4-10-20(11-5-16)25(26,27)28;;/h3-13,15-16H,14H2,1-2H3,(H,31,33);2-12,14-15H,13H2,1H3,(H,30,32)(H,33,34);;1H2/q;;+1;/p-1/t16-;15-;;/m00../s1. The smallest absolute Gasteiger partial charge is 0.870 e. The van der Waals surface area contributed by atoms with E-state index in [1.165, 1.54) is 56.2 Å². The number of rotatable bonds is 12. The Labute approximate surface area is 424 Å². The summed E-state index contributed by atoms with van der Waals surface area (Å²) in [4.78, 5) is 57.3. The van der Waals surface area contributed by atoms with Crippen molar-refractivity contribution >= 4 is 34.8 Å². The maximum absolute atomic E-state index is 13.1. The van der Waals surface area contributed by atoms with Crippen molar-refractivity contribution in [1.82, 2.24) is 29.4 Å². The third-order valence-electron chi connectivity index (χ3n) is 11.3. The van der Waals surface area contributed by atoms with Crippen molar-refractivity contribution in [1.29, 1.82) is 0 Å². The Hall–Kier alpha value is -7.32. The number of carbonyl (C=O) groups excluding carboxylic acids is 3. The summed E-state index contributed by atoms with van der Waals surface area (Å²) in [6.45, 7) is 3.58. The van der Waals surface area contributed by atoms with Crippen LogP contribution in [0, 0.1) is 0 Å². The molecule has 2 atom stereocenters. The van der Waals surface area contributed by atoms with Crippen molar-refractivity contribution in [3.63, 3.8) is 0 Å². The van der Waals surface area contributed by atoms with Gasteiger partial charge in [0.25, 0.3) is 11.8 Å². The van der Waals surface area contributed by atoms with Gasteiger partial charge in [-0.2, -0.15) is 26.3 Å². The number of alkyl halides is 6. The fourth-order valence-corrected chi connectivity index (χ4v) is 7.56. The Balaban J connectivity index is 0.000000257. The summed E-state index contributed by atoms with van der Waals surface area (Å²) in [6.07, 6.45) is -1.62. The monoisotopic (exact) mass is 988 g/mol. The van der Waals surface area contributed by atoms with Crippen molar-refractivity contribution in [2.75, 3.05) is 7.11 Å². The van der Waals surface area contributed by atoms with E-state index < -0.39 is 53.3 Å². The van der Waals surface area contributed by atoms with Gasteiger partial charge in [0.05, 0.1) is 52.5 Å². The van der Waals surface area contributed by atoms with Crippen molar-refractivity contribution in [3.05, 3.63) is 213 Å². The van der Waals surface area contributed by atoms with Gasteiger partial charge in [0.2, 0.25) is 0 Å². The van der Waals surface area contributed by atoms with Crippen LogP contribution in [0.4, 0.5) is 26.3 Å². The predicted octanol–water partition coefficient (Wildman–Crippen LogP) is 7.18. The molecule has 0 saturated heterocycles. The Morgan fingerprint density at radius 1 is 0.592 bits per heavy atom. The van der Waals surface area contributed by atoms with Crippen molar-refractivity contribution in [2.24, 2.45) is 0 Å². The first-order chi connectivity index (χ1) is 32.8. The summed E-state index contributed by atoms with van der Waals surface area (Å²) in [6, 6.07) is 29.2. The molecule has 0 spiro atoms. The van der Waals surface area contributed by atoms with E-state index in [1.54, 1.807) is 82.7 Å². The fraction of sp³-hybridized carbons (Fsp3) is 0.176. The quantitative estimate of drug-likeness (QED) is 0.0648. The number of aromatic nitrogens is 4. The third kappa shape index (κ3) is 13.1. The number of nitrogens with zero attached hydrogens (tertiary/aromatic N) is 4. The average Bonchev–Trinajstić information content (AvgIpc) is 3.98. The van der Waals surface area contributed by atoms with E-state index in [9.17, 15) is 45.5 Å². The maximum atomic E-state index is 13.1. The molecule has 4 aromatic carbocycles. The van der Waals surface area contributed by atoms with Gasteiger partial charge in [0.15, 0.2) is 11.4 Å². The van der Waals surface area contributed by atoms with Gasteiger partial charge in [-0.15, -0.1) is 0 Å². The van der Waals surface area contributed by atoms with Gasteiger partial charge in [0, 0.05) is 12.4 Å². The van der Waals surface area contributed by atoms with Gasteiger partial charge in [-0.3, -0.25) is 9.59 Å². The number of esters is 1. The fourth-order valence-electron chi connectivity index (χ4n) is 7.56. The molecule has 0 aliphatic rings. The van der Waals surface area contributed by atoms with Crippen LogP contribution in [0.5, 0.6) is 0 Å². The summed E-state index contributed by atoms with van der Waals surface area (Å²) in [5.41, 5.74) is 5.03. The zero-order valence-electron chi connectivity index (χ0n) is 38.4. The molecule has 0 fully saturated rings. The maximum Gasteiger partial charge on any atom is 1.00 e. The van der Waals surface area contributed by atoms with Crippen LogP contribution < -0.4 is 40.2 Å². The number of halogens is 6. The SMILES string of the molecule is COC(=O)c1ccc([C@H](C)NC(=O)c2ncn3cccc(Cc4ccc(C(F)(F)F)cc4)c23)cc1.C[C@H](NC(=O)c1ncn2cccc(Cc3ccc(C(F)(F)F)cc3)c12)c1ccc(C(=O)O)cc1.[Na+].[OH-]. The molecule has 4 N–H and O–H groups in total. The van der Waals surface area contributed by atoms with E-state index in [4.69, 9.17) is 9.84 Å². The van der Waals surface area contributed by atoms with E-state index in [2.05, 4.69) is 20.6 Å². The Kier molecular flexibility index (Phi) is 17.7. The normalized spacial score (nSPS) is 12.1. The molecule has 0 unspecified atom stereocenters. The number of pyridine rings is 2. The summed E-state index contributed by atoms with van der Waals surface area (Å²) in [7, 11) is 1.31. The minimum Gasteiger partial charge on any atom is -0.870 e. The Morgan fingerprint density at radius 3 is 1.30 bits per heavy atom. The number of carbonyl (C=O) groups is 4. The van der Waals surface area contributed by atoms with Crippen LogP contribution in [0.3, 0.4) is 0 Å². The summed E-state index contributed by atoms with van der Waals surface area (Å²) in [5, 5.41) is 14.8. The van der Waals surface area contributed by atoms with Gasteiger partial charge in [-0.05, 0) is 121 Å². The number of hydrogen-bond donors (Lipinski definition) is 3. The second-order valence-electron chi connectivity index (χ2n) is 15.9. The van der Waals surface area contributed by atoms with Crippen molar-refractivity contribution < 1.29 is 90.4 Å². The van der Waals surface area contributed by atoms with E-state index in [1.807, 2.05) is 13.0 Å². The molecule has 13 nitrogen and oxygen atoms in total. The molecule has 0 saturated carbocycles. The molecule has 8 rings (SSSR count). The van der Waals surface area contributed by atoms with Crippen LogP contribution in [0.1, 0.15) is 112 Å². The van der Waals surface area contributed by atoms with Crippen LogP contribution in [0.25, 0.3) is 11.0 Å². The topological polar surface area (TPSA) is 186 Å². The Morgan fingerprint density at radius 2 is 0.958 bits per heavy atom. The number of carboxylic acid groups (broad SMARTS) is 1. The number of imidazole rings is 2. The second kappa shape index (κ2) is 23.1. The van der Waals surface area contributed by atoms with Gasteiger partial charge in [-0.25, -0.2) is 19.6 Å². The zero-order chi connectivity index (χ0) is 49.6. The molecule has 2 amide bonds. The van der Waals surface area contributed by atoms with E-state index in [0.29, 0.717) is 40.6 Å². The molecule has 20 heteroatoms. The molecule has 0 aliphatic carbocycles. The van der Waals surface area contributed by atoms with Crippen LogP contribution in [0.2, 0.25) is 0 Å². The number of aromatic carboxylic acids is 1. The second-order valence-corrected chi connectivity index (χ2v) is 15.9. The average molecular weight is 989 g/mol. The minimum atomic E-state index is -4.40. The van der Waals surface area contributed by atoms with Crippen molar-refractivity contribution in [3.8, 4) is 0 Å². The van der Waals surface area contributed by atoms with Gasteiger partial charge < -0.3 is 34.8 Å². The number of hydrogen-bond acceptors (Lipinski definition) is 8. The van der Waals surface area contributed by atoms with Crippen LogP contribution >= 0.6 is 0 Å². The van der Waals surface area contributed by atoms with Gasteiger partial charge in [-0.1, -0.05) is 60.7 Å². The Bertz CT molecular complexity index is 3140. The molecule has 8 aromatic rings. The number of fused-ring (bicyclic) bond motifs is 2. The first kappa shape index (κ1) is 54.6. The summed E-state index contributed by atoms with van der Waals surface area (Å²) < 4.78 is 85.3. The number of benzene rings is 4. The number of carboxylic acids is 1. The molecular weight excluding hydrogens is 946 g/mol. The minimum absolute atomic E-state index is 0. The molecule has 0 bridgehead atoms. The molecule has 71 heavy (non-hydrogen) atoms. The molecule has 362 valence electrons. The van der Waals surface area contributed by atoms with Crippen LogP contribution in [-0.2, 0) is 29.9 Å². The first-order valence-electron chi connectivity index (χ1n) is 21.1. The third-order valence-corrected chi connectivity index (χ3v) is 11.3. The molecule has 4 heterocycles. The van der Waals surface area contributed by atoms with E-state index >= 15 is 0 Å². The summed E-state index contributed by atoms with van der Waals surface area (Å²) in [5.74, 6) is -2.29. The summed E-state index contributed by atoms with van der Waals surface area (Å²) >= 11 is 0. The van der Waals surface area contributed by atoms with E-state index in [-0.39, 0.29) is 58.0 Å². The molecule has 0 aliphatic heterocycles. The number of ether oxygens (including phenoxy) is 1. The predicted molar refractivity (Wildman–Crippen MR) is 244 cm³/mol. The zero-order valence-corrected chi connectivity index (χ0v) is 40.4. The van der Waals surface area contributed by atoms with Crippen molar-refractivity contribution in [2.45, 2.75) is 51.1 Å². The number of methoxy groups -OCH3 is 1. The first-order valence-corrected chi connectivity index (χ1v) is 21.1. The number of nitrogens with one attached hydrogen (secondary N) is 2. The van der Waals surface area contributed by atoms with E-state index in [0.717, 1.165) is 46.5 Å². The molecule has 4 aromatic heterocycles. The molecule has 0 radical (unpaired) electrons. The van der Waals surface area contributed by atoms with Gasteiger partial charge >= 0.3 is 53.8 Å². The van der Waals surface area contributed by atoms with Crippen LogP contribution in [0.15, 0.2) is 146 Å². The van der Waals surface area contributed by atoms with Crippen LogP contribution in [-0.4, -0.2) is 60.2 Å².